The monoisotopic (exact) mass is 310 g/mol. The van der Waals surface area contributed by atoms with Gasteiger partial charge in [-0.2, -0.15) is 0 Å². The summed E-state index contributed by atoms with van der Waals surface area (Å²) in [5.74, 6) is 2.62. The number of rotatable bonds is 5. The quantitative estimate of drug-likeness (QED) is 0.907. The molecule has 0 bridgehead atoms. The standard InChI is InChI=1S/C19H22N2O2/c1-4-14-10-16-17(11-19(14)22-13(2)3)21-9-7-18(16)23-15-6-5-8-20-12-15/h5-11,13,20H,4,12H2,1-3H3. The predicted molar refractivity (Wildman–Crippen MR) is 92.7 cm³/mol. The highest BCUT2D eigenvalue weighted by Crippen LogP contribution is 2.32. The first kappa shape index (κ1) is 15.4. The summed E-state index contributed by atoms with van der Waals surface area (Å²) in [5, 5.41) is 4.16. The predicted octanol–water partition coefficient (Wildman–Crippen LogP) is 3.96. The van der Waals surface area contributed by atoms with Gasteiger partial charge in [0.25, 0.3) is 0 Å². The molecule has 1 N–H and O–H groups in total. The van der Waals surface area contributed by atoms with Crippen LogP contribution in [0.5, 0.6) is 11.5 Å². The van der Waals surface area contributed by atoms with Crippen molar-refractivity contribution in [3.63, 3.8) is 0 Å². The molecule has 23 heavy (non-hydrogen) atoms. The van der Waals surface area contributed by atoms with Crippen molar-refractivity contribution in [3.05, 3.63) is 54.1 Å². The maximum atomic E-state index is 6.06. The van der Waals surface area contributed by atoms with Crippen LogP contribution in [0.2, 0.25) is 0 Å². The average molecular weight is 310 g/mol. The van der Waals surface area contributed by atoms with Gasteiger partial charge < -0.3 is 14.8 Å². The van der Waals surface area contributed by atoms with Gasteiger partial charge in [-0.1, -0.05) is 6.92 Å². The molecule has 4 nitrogen and oxygen atoms in total. The van der Waals surface area contributed by atoms with E-state index in [9.17, 15) is 0 Å². The van der Waals surface area contributed by atoms with Crippen LogP contribution in [0.15, 0.2) is 48.5 Å². The Balaban J connectivity index is 2.02. The Morgan fingerprint density at radius 1 is 1.26 bits per heavy atom. The van der Waals surface area contributed by atoms with Gasteiger partial charge in [0.05, 0.1) is 18.2 Å². The van der Waals surface area contributed by atoms with Gasteiger partial charge in [-0.15, -0.1) is 0 Å². The van der Waals surface area contributed by atoms with Crippen molar-refractivity contribution in [2.75, 3.05) is 6.54 Å². The number of dihydropyridines is 1. The lowest BCUT2D eigenvalue weighted by Crippen LogP contribution is -2.16. The third-order valence-electron chi connectivity index (χ3n) is 3.64. The molecule has 1 aromatic heterocycles. The fourth-order valence-electron chi connectivity index (χ4n) is 2.58. The number of hydrogen-bond acceptors (Lipinski definition) is 4. The largest absolute Gasteiger partial charge is 0.491 e. The van der Waals surface area contributed by atoms with Crippen molar-refractivity contribution in [1.29, 1.82) is 0 Å². The van der Waals surface area contributed by atoms with E-state index < -0.39 is 0 Å². The zero-order chi connectivity index (χ0) is 16.2. The molecule has 0 spiro atoms. The van der Waals surface area contributed by atoms with Crippen molar-refractivity contribution in [2.45, 2.75) is 33.3 Å². The van der Waals surface area contributed by atoms with Gasteiger partial charge in [0.2, 0.25) is 0 Å². The third kappa shape index (κ3) is 3.47. The minimum absolute atomic E-state index is 0.141. The Kier molecular flexibility index (Phi) is 4.51. The van der Waals surface area contributed by atoms with Crippen LogP contribution in [0, 0.1) is 0 Å². The zero-order valence-corrected chi connectivity index (χ0v) is 13.8. The number of nitrogens with one attached hydrogen (secondary N) is 1. The van der Waals surface area contributed by atoms with Crippen molar-refractivity contribution < 1.29 is 9.47 Å². The maximum absolute atomic E-state index is 6.06. The molecular formula is C19H22N2O2. The number of allylic oxidation sites excluding steroid dienone is 2. The molecule has 0 saturated heterocycles. The van der Waals surface area contributed by atoms with E-state index in [2.05, 4.69) is 23.3 Å². The van der Waals surface area contributed by atoms with Crippen LogP contribution in [0.3, 0.4) is 0 Å². The number of benzene rings is 1. The summed E-state index contributed by atoms with van der Waals surface area (Å²) < 4.78 is 12.0. The fraction of sp³-hybridized carbons (Fsp3) is 0.316. The van der Waals surface area contributed by atoms with Gasteiger partial charge in [-0.3, -0.25) is 4.98 Å². The first-order valence-corrected chi connectivity index (χ1v) is 8.02. The Morgan fingerprint density at radius 3 is 2.83 bits per heavy atom. The summed E-state index contributed by atoms with van der Waals surface area (Å²) in [4.78, 5) is 4.47. The summed E-state index contributed by atoms with van der Waals surface area (Å²) in [5.41, 5.74) is 2.05. The highest BCUT2D eigenvalue weighted by Gasteiger charge is 2.12. The van der Waals surface area contributed by atoms with E-state index in [4.69, 9.17) is 9.47 Å². The molecule has 120 valence electrons. The molecule has 0 unspecified atom stereocenters. The van der Waals surface area contributed by atoms with Gasteiger partial charge in [0, 0.05) is 17.6 Å². The molecule has 4 heteroatoms. The molecule has 0 radical (unpaired) electrons. The Bertz CT molecular complexity index is 763. The van der Waals surface area contributed by atoms with Gasteiger partial charge >= 0.3 is 0 Å². The lowest BCUT2D eigenvalue weighted by atomic mass is 10.1. The van der Waals surface area contributed by atoms with Crippen molar-refractivity contribution in [2.24, 2.45) is 0 Å². The Labute approximate surface area is 136 Å². The minimum Gasteiger partial charge on any atom is -0.491 e. The van der Waals surface area contributed by atoms with Crippen LogP contribution >= 0.6 is 0 Å². The zero-order valence-electron chi connectivity index (χ0n) is 13.8. The van der Waals surface area contributed by atoms with E-state index >= 15 is 0 Å². The fourth-order valence-corrected chi connectivity index (χ4v) is 2.58. The van der Waals surface area contributed by atoms with Crippen LogP contribution in [0.4, 0.5) is 0 Å². The molecule has 0 aliphatic carbocycles. The van der Waals surface area contributed by atoms with Crippen molar-refractivity contribution >= 4 is 10.9 Å². The van der Waals surface area contributed by atoms with Gasteiger partial charge in [0.15, 0.2) is 0 Å². The van der Waals surface area contributed by atoms with E-state index in [1.165, 1.54) is 5.56 Å². The number of ether oxygens (including phenoxy) is 2. The first-order chi connectivity index (χ1) is 11.2. The Hall–Kier alpha value is -2.49. The summed E-state index contributed by atoms with van der Waals surface area (Å²) >= 11 is 0. The van der Waals surface area contributed by atoms with Crippen LogP contribution < -0.4 is 14.8 Å². The molecule has 0 saturated carbocycles. The van der Waals surface area contributed by atoms with Crippen molar-refractivity contribution in [1.82, 2.24) is 10.3 Å². The number of nitrogens with zero attached hydrogens (tertiary/aromatic N) is 1. The molecule has 0 atom stereocenters. The summed E-state index contributed by atoms with van der Waals surface area (Å²) in [6, 6.07) is 6.04. The van der Waals surface area contributed by atoms with Crippen LogP contribution in [-0.2, 0) is 6.42 Å². The molecule has 2 heterocycles. The molecular weight excluding hydrogens is 288 g/mol. The smallest absolute Gasteiger partial charge is 0.137 e. The summed E-state index contributed by atoms with van der Waals surface area (Å²) in [6.45, 7) is 6.89. The first-order valence-electron chi connectivity index (χ1n) is 8.02. The van der Waals surface area contributed by atoms with E-state index in [0.29, 0.717) is 6.54 Å². The molecule has 0 fully saturated rings. The Morgan fingerprint density at radius 2 is 2.13 bits per heavy atom. The lowest BCUT2D eigenvalue weighted by Gasteiger charge is -2.17. The maximum Gasteiger partial charge on any atom is 0.137 e. The van der Waals surface area contributed by atoms with Crippen LogP contribution in [0.25, 0.3) is 10.9 Å². The second-order valence-electron chi connectivity index (χ2n) is 5.78. The number of aromatic nitrogens is 1. The normalized spacial score (nSPS) is 13.8. The molecule has 1 aliphatic rings. The van der Waals surface area contributed by atoms with Crippen LogP contribution in [-0.4, -0.2) is 17.6 Å². The molecule has 0 amide bonds. The average Bonchev–Trinajstić information content (AvgIpc) is 2.55. The second-order valence-corrected chi connectivity index (χ2v) is 5.78. The summed E-state index contributed by atoms with van der Waals surface area (Å²) in [7, 11) is 0. The van der Waals surface area contributed by atoms with Gasteiger partial charge in [-0.05, 0) is 56.3 Å². The van der Waals surface area contributed by atoms with E-state index in [0.717, 1.165) is 34.6 Å². The highest BCUT2D eigenvalue weighted by molar-refractivity contribution is 5.87. The summed E-state index contributed by atoms with van der Waals surface area (Å²) in [6.07, 6.45) is 8.63. The van der Waals surface area contributed by atoms with Crippen LogP contribution in [0.1, 0.15) is 26.3 Å². The molecule has 1 aromatic carbocycles. The number of hydrogen-bond donors (Lipinski definition) is 1. The van der Waals surface area contributed by atoms with E-state index in [1.54, 1.807) is 6.20 Å². The van der Waals surface area contributed by atoms with Gasteiger partial charge in [0.1, 0.15) is 17.3 Å². The third-order valence-corrected chi connectivity index (χ3v) is 3.64. The molecule has 3 rings (SSSR count). The van der Waals surface area contributed by atoms with Gasteiger partial charge in [-0.25, -0.2) is 0 Å². The SMILES string of the molecule is CCc1cc2c(OC3=CC=CNC3)ccnc2cc1OC(C)C. The van der Waals surface area contributed by atoms with E-state index in [1.807, 2.05) is 44.3 Å². The lowest BCUT2D eigenvalue weighted by molar-refractivity contribution is 0.240. The van der Waals surface area contributed by atoms with Crippen molar-refractivity contribution in [3.8, 4) is 11.5 Å². The molecule has 1 aliphatic heterocycles. The highest BCUT2D eigenvalue weighted by atomic mass is 16.5. The number of fused-ring (bicyclic) bond motifs is 1. The number of pyridine rings is 1. The van der Waals surface area contributed by atoms with E-state index in [-0.39, 0.29) is 6.10 Å². The second kappa shape index (κ2) is 6.73. The molecule has 2 aromatic rings. The minimum atomic E-state index is 0.141. The number of aryl methyl sites for hydroxylation is 1. The topological polar surface area (TPSA) is 43.4 Å².